The Morgan fingerprint density at radius 3 is 2.80 bits per heavy atom. The molecule has 5 nitrogen and oxygen atoms in total. The molecule has 0 spiro atoms. The second-order valence-electron chi connectivity index (χ2n) is 5.55. The molecule has 0 unspecified atom stereocenters. The second kappa shape index (κ2) is 7.40. The van der Waals surface area contributed by atoms with Crippen LogP contribution in [0.2, 0.25) is 0 Å². The Morgan fingerprint density at radius 2 is 2.08 bits per heavy atom. The third kappa shape index (κ3) is 4.19. The van der Waals surface area contributed by atoms with Gasteiger partial charge in [-0.2, -0.15) is 13.9 Å². The number of aryl methyl sites for hydroxylation is 1. The summed E-state index contributed by atoms with van der Waals surface area (Å²) in [5.41, 5.74) is 3.88. The first-order valence-electron chi connectivity index (χ1n) is 7.69. The predicted octanol–water partition coefficient (Wildman–Crippen LogP) is 3.40. The normalized spacial score (nSPS) is 11.1. The van der Waals surface area contributed by atoms with E-state index in [0.717, 1.165) is 22.4 Å². The van der Waals surface area contributed by atoms with Crippen molar-refractivity contribution in [2.45, 2.75) is 26.7 Å². The SMILES string of the molecule is Cc1ncc(Cn2ccc(CO)n2)cc1-c1cccc(OC(F)F)c1. The molecular formula is C18H17F2N3O2. The first-order valence-corrected chi connectivity index (χ1v) is 7.69. The Kier molecular flexibility index (Phi) is 5.04. The molecule has 0 amide bonds. The fourth-order valence-electron chi connectivity index (χ4n) is 2.56. The number of halogens is 2. The molecule has 0 aliphatic rings. The van der Waals surface area contributed by atoms with Crippen molar-refractivity contribution in [2.24, 2.45) is 0 Å². The van der Waals surface area contributed by atoms with Crippen LogP contribution in [0.4, 0.5) is 8.78 Å². The molecule has 3 aromatic rings. The van der Waals surface area contributed by atoms with Crippen LogP contribution in [0.5, 0.6) is 5.75 Å². The molecule has 2 aromatic heterocycles. The van der Waals surface area contributed by atoms with E-state index < -0.39 is 6.61 Å². The topological polar surface area (TPSA) is 60.2 Å². The molecule has 0 bridgehead atoms. The Morgan fingerprint density at radius 1 is 1.24 bits per heavy atom. The van der Waals surface area contributed by atoms with Crippen molar-refractivity contribution in [3.8, 4) is 16.9 Å². The average molecular weight is 345 g/mol. The van der Waals surface area contributed by atoms with E-state index in [9.17, 15) is 8.78 Å². The van der Waals surface area contributed by atoms with Crippen molar-refractivity contribution in [3.63, 3.8) is 0 Å². The average Bonchev–Trinajstić information content (AvgIpc) is 3.04. The molecule has 0 atom stereocenters. The summed E-state index contributed by atoms with van der Waals surface area (Å²) in [7, 11) is 0. The monoisotopic (exact) mass is 345 g/mol. The van der Waals surface area contributed by atoms with E-state index in [4.69, 9.17) is 5.11 Å². The van der Waals surface area contributed by atoms with Crippen LogP contribution in [0.1, 0.15) is 17.0 Å². The summed E-state index contributed by atoms with van der Waals surface area (Å²) in [6.07, 6.45) is 3.53. The summed E-state index contributed by atoms with van der Waals surface area (Å²) < 4.78 is 31.0. The van der Waals surface area contributed by atoms with E-state index in [1.807, 2.05) is 19.1 Å². The molecule has 0 saturated heterocycles. The quantitative estimate of drug-likeness (QED) is 0.744. The molecule has 1 N–H and O–H groups in total. The van der Waals surface area contributed by atoms with Gasteiger partial charge in [0, 0.05) is 23.7 Å². The van der Waals surface area contributed by atoms with Crippen LogP contribution in [0, 0.1) is 6.92 Å². The molecule has 0 aliphatic carbocycles. The number of aliphatic hydroxyl groups excluding tert-OH is 1. The largest absolute Gasteiger partial charge is 0.435 e. The lowest BCUT2D eigenvalue weighted by Gasteiger charge is -2.11. The summed E-state index contributed by atoms with van der Waals surface area (Å²) >= 11 is 0. The smallest absolute Gasteiger partial charge is 0.387 e. The van der Waals surface area contributed by atoms with E-state index in [2.05, 4.69) is 14.8 Å². The summed E-state index contributed by atoms with van der Waals surface area (Å²) in [5, 5.41) is 13.3. The number of pyridine rings is 1. The number of hydrogen-bond donors (Lipinski definition) is 1. The third-order valence-corrected chi connectivity index (χ3v) is 3.72. The molecule has 7 heteroatoms. The Bertz CT molecular complexity index is 865. The minimum Gasteiger partial charge on any atom is -0.435 e. The van der Waals surface area contributed by atoms with Gasteiger partial charge in [0.2, 0.25) is 0 Å². The van der Waals surface area contributed by atoms with Crippen LogP contribution in [0.25, 0.3) is 11.1 Å². The van der Waals surface area contributed by atoms with Crippen molar-refractivity contribution in [2.75, 3.05) is 0 Å². The number of alkyl halides is 2. The van der Waals surface area contributed by atoms with E-state index in [-0.39, 0.29) is 12.4 Å². The van der Waals surface area contributed by atoms with Gasteiger partial charge in [-0.05, 0) is 42.3 Å². The number of aromatic nitrogens is 3. The minimum atomic E-state index is -2.86. The van der Waals surface area contributed by atoms with Crippen LogP contribution in [0.3, 0.4) is 0 Å². The fourth-order valence-corrected chi connectivity index (χ4v) is 2.56. The van der Waals surface area contributed by atoms with E-state index in [0.29, 0.717) is 12.2 Å². The van der Waals surface area contributed by atoms with E-state index in [1.165, 1.54) is 6.07 Å². The van der Waals surface area contributed by atoms with Crippen LogP contribution < -0.4 is 4.74 Å². The molecule has 0 saturated carbocycles. The first kappa shape index (κ1) is 17.0. The van der Waals surface area contributed by atoms with Crippen LogP contribution in [-0.4, -0.2) is 26.5 Å². The highest BCUT2D eigenvalue weighted by atomic mass is 19.3. The Balaban J connectivity index is 1.89. The Hall–Kier alpha value is -2.80. The number of benzene rings is 1. The van der Waals surface area contributed by atoms with Gasteiger partial charge in [-0.1, -0.05) is 12.1 Å². The molecule has 0 aliphatic heterocycles. The van der Waals surface area contributed by atoms with Crippen molar-refractivity contribution < 1.29 is 18.6 Å². The van der Waals surface area contributed by atoms with Crippen molar-refractivity contribution in [3.05, 3.63) is 65.7 Å². The maximum atomic E-state index is 12.4. The highest BCUT2D eigenvalue weighted by molar-refractivity contribution is 5.67. The van der Waals surface area contributed by atoms with Crippen molar-refractivity contribution in [1.82, 2.24) is 14.8 Å². The molecular weight excluding hydrogens is 328 g/mol. The van der Waals surface area contributed by atoms with Gasteiger partial charge in [0.1, 0.15) is 5.75 Å². The van der Waals surface area contributed by atoms with Gasteiger partial charge in [0.15, 0.2) is 0 Å². The lowest BCUT2D eigenvalue weighted by Crippen LogP contribution is -2.03. The van der Waals surface area contributed by atoms with Crippen LogP contribution >= 0.6 is 0 Å². The number of hydrogen-bond acceptors (Lipinski definition) is 4. The van der Waals surface area contributed by atoms with Gasteiger partial charge in [-0.3, -0.25) is 9.67 Å². The van der Waals surface area contributed by atoms with Gasteiger partial charge in [-0.15, -0.1) is 0 Å². The zero-order chi connectivity index (χ0) is 17.8. The van der Waals surface area contributed by atoms with Crippen LogP contribution in [0.15, 0.2) is 48.8 Å². The highest BCUT2D eigenvalue weighted by Gasteiger charge is 2.09. The van der Waals surface area contributed by atoms with Gasteiger partial charge in [-0.25, -0.2) is 0 Å². The molecule has 3 rings (SSSR count). The maximum absolute atomic E-state index is 12.4. The standard InChI is InChI=1S/C18H17F2N3O2/c1-12-17(14-3-2-4-16(8-14)25-18(19)20)7-13(9-21-12)10-23-6-5-15(11-24)22-23/h2-9,18,24H,10-11H2,1H3. The number of aliphatic hydroxyl groups is 1. The second-order valence-corrected chi connectivity index (χ2v) is 5.55. The van der Waals surface area contributed by atoms with Crippen molar-refractivity contribution in [1.29, 1.82) is 0 Å². The molecule has 0 fully saturated rings. The van der Waals surface area contributed by atoms with Crippen molar-refractivity contribution >= 4 is 0 Å². The summed E-state index contributed by atoms with van der Waals surface area (Å²) in [5.74, 6) is 0.108. The number of rotatable bonds is 6. The van der Waals surface area contributed by atoms with Gasteiger partial charge < -0.3 is 9.84 Å². The van der Waals surface area contributed by atoms with Gasteiger partial charge >= 0.3 is 6.61 Å². The van der Waals surface area contributed by atoms with E-state index in [1.54, 1.807) is 35.3 Å². The van der Waals surface area contributed by atoms with Crippen LogP contribution in [-0.2, 0) is 13.2 Å². The van der Waals surface area contributed by atoms with E-state index >= 15 is 0 Å². The predicted molar refractivity (Wildman–Crippen MR) is 88.3 cm³/mol. The molecule has 1 aromatic carbocycles. The van der Waals surface area contributed by atoms with Gasteiger partial charge in [0.05, 0.1) is 18.8 Å². The summed E-state index contributed by atoms with van der Waals surface area (Å²) in [6.45, 7) is -0.617. The molecule has 2 heterocycles. The number of nitrogens with zero attached hydrogens (tertiary/aromatic N) is 3. The zero-order valence-electron chi connectivity index (χ0n) is 13.6. The zero-order valence-corrected chi connectivity index (χ0v) is 13.6. The summed E-state index contributed by atoms with van der Waals surface area (Å²) in [4.78, 5) is 4.39. The van der Waals surface area contributed by atoms with Gasteiger partial charge in [0.25, 0.3) is 0 Å². The Labute approximate surface area is 143 Å². The minimum absolute atomic E-state index is 0.108. The number of ether oxygens (including phenoxy) is 1. The maximum Gasteiger partial charge on any atom is 0.387 e. The lowest BCUT2D eigenvalue weighted by atomic mass is 10.0. The first-order chi connectivity index (χ1) is 12.0. The lowest BCUT2D eigenvalue weighted by molar-refractivity contribution is -0.0498. The summed E-state index contributed by atoms with van der Waals surface area (Å²) in [6, 6.07) is 10.2. The molecule has 25 heavy (non-hydrogen) atoms. The fraction of sp³-hybridized carbons (Fsp3) is 0.222. The highest BCUT2D eigenvalue weighted by Crippen LogP contribution is 2.27. The molecule has 0 radical (unpaired) electrons. The third-order valence-electron chi connectivity index (χ3n) is 3.72. The molecule has 130 valence electrons.